The van der Waals surface area contributed by atoms with Gasteiger partial charge in [0.05, 0.1) is 20.6 Å². The van der Waals surface area contributed by atoms with E-state index in [-0.39, 0.29) is 12.3 Å². The summed E-state index contributed by atoms with van der Waals surface area (Å²) in [5, 5.41) is 1.14. The summed E-state index contributed by atoms with van der Waals surface area (Å²) in [4.78, 5) is 34.6. The Morgan fingerprint density at radius 1 is 1.16 bits per heavy atom. The zero-order chi connectivity index (χ0) is 21.8. The van der Waals surface area contributed by atoms with Crippen LogP contribution in [0.5, 0.6) is 5.75 Å². The van der Waals surface area contributed by atoms with E-state index in [0.717, 1.165) is 16.5 Å². The minimum atomic E-state index is -0.552. The number of amides is 1. The predicted octanol–water partition coefficient (Wildman–Crippen LogP) is 3.91. The number of para-hydroxylation sites is 3. The number of hydrogen-bond acceptors (Lipinski definition) is 6. The molecule has 8 heteroatoms. The van der Waals surface area contributed by atoms with Crippen molar-refractivity contribution in [2.24, 2.45) is 4.99 Å². The lowest BCUT2D eigenvalue weighted by Gasteiger charge is -2.16. The number of aliphatic imine (C=N–C) groups is 1. The second kappa shape index (κ2) is 9.26. The van der Waals surface area contributed by atoms with E-state index in [0.29, 0.717) is 29.6 Å². The summed E-state index contributed by atoms with van der Waals surface area (Å²) < 4.78 is 10.2. The van der Waals surface area contributed by atoms with Crippen LogP contribution in [0.3, 0.4) is 0 Å². The number of benzene rings is 2. The van der Waals surface area contributed by atoms with E-state index in [9.17, 15) is 9.59 Å². The lowest BCUT2D eigenvalue weighted by molar-refractivity contribution is -0.142. The third-order valence-electron chi connectivity index (χ3n) is 5.18. The van der Waals surface area contributed by atoms with E-state index in [1.807, 2.05) is 48.7 Å². The van der Waals surface area contributed by atoms with Crippen LogP contribution in [-0.2, 0) is 20.7 Å². The summed E-state index contributed by atoms with van der Waals surface area (Å²) >= 11 is 1.29. The minimum Gasteiger partial charge on any atom is -0.494 e. The number of thioether (sulfide) groups is 1. The first kappa shape index (κ1) is 21.0. The minimum absolute atomic E-state index is 0.00846. The Morgan fingerprint density at radius 3 is 2.74 bits per heavy atom. The van der Waals surface area contributed by atoms with Crippen molar-refractivity contribution in [2.45, 2.75) is 18.1 Å². The number of carbonyl (C=O) groups is 2. The fraction of sp³-hybridized carbons (Fsp3) is 0.261. The van der Waals surface area contributed by atoms with Crippen LogP contribution in [0.2, 0.25) is 0 Å². The fourth-order valence-corrected chi connectivity index (χ4v) is 4.72. The maximum absolute atomic E-state index is 13.1. The SMILES string of the molecule is COC(=O)CC1SC(=Nc2ccccc2OC)N(CCc2c[nH]c3ccccc23)C1=O. The molecule has 0 radical (unpaired) electrons. The van der Waals surface area contributed by atoms with Gasteiger partial charge >= 0.3 is 5.97 Å². The molecule has 1 saturated heterocycles. The highest BCUT2D eigenvalue weighted by Crippen LogP contribution is 2.35. The van der Waals surface area contributed by atoms with Crippen LogP contribution in [0, 0.1) is 0 Å². The number of nitrogens with one attached hydrogen (secondary N) is 1. The number of carbonyl (C=O) groups excluding carboxylic acids is 2. The molecule has 2 aromatic carbocycles. The second-order valence-electron chi connectivity index (χ2n) is 7.05. The molecule has 1 aliphatic rings. The van der Waals surface area contributed by atoms with Crippen LogP contribution >= 0.6 is 11.8 Å². The third kappa shape index (κ3) is 4.44. The molecular formula is C23H23N3O4S. The normalized spacial score (nSPS) is 17.5. The zero-order valence-electron chi connectivity index (χ0n) is 17.3. The fourth-order valence-electron chi connectivity index (χ4n) is 3.56. The van der Waals surface area contributed by atoms with Gasteiger partial charge in [0.15, 0.2) is 5.17 Å². The Kier molecular flexibility index (Phi) is 6.27. The van der Waals surface area contributed by atoms with Crippen LogP contribution in [0.15, 0.2) is 59.7 Å². The molecule has 3 aromatic rings. The number of nitrogens with zero attached hydrogens (tertiary/aromatic N) is 2. The first-order valence-electron chi connectivity index (χ1n) is 9.92. The van der Waals surface area contributed by atoms with Crippen LogP contribution in [0.4, 0.5) is 5.69 Å². The van der Waals surface area contributed by atoms with E-state index < -0.39 is 11.2 Å². The Hall–Kier alpha value is -3.26. The van der Waals surface area contributed by atoms with Crippen molar-refractivity contribution in [1.82, 2.24) is 9.88 Å². The summed E-state index contributed by atoms with van der Waals surface area (Å²) in [6, 6.07) is 15.5. The number of hydrogen-bond donors (Lipinski definition) is 1. The first-order chi connectivity index (χ1) is 15.1. The van der Waals surface area contributed by atoms with Gasteiger partial charge in [0.25, 0.3) is 0 Å². The molecule has 7 nitrogen and oxygen atoms in total. The largest absolute Gasteiger partial charge is 0.494 e. The molecule has 1 aliphatic heterocycles. The Labute approximate surface area is 184 Å². The van der Waals surface area contributed by atoms with Crippen molar-refractivity contribution in [3.63, 3.8) is 0 Å². The molecule has 2 heterocycles. The topological polar surface area (TPSA) is 84.0 Å². The van der Waals surface area contributed by atoms with Crippen molar-refractivity contribution in [2.75, 3.05) is 20.8 Å². The maximum Gasteiger partial charge on any atom is 0.307 e. The number of amidine groups is 1. The van der Waals surface area contributed by atoms with Crippen molar-refractivity contribution in [3.8, 4) is 5.75 Å². The highest BCUT2D eigenvalue weighted by Gasteiger charge is 2.39. The van der Waals surface area contributed by atoms with Crippen LogP contribution in [0.1, 0.15) is 12.0 Å². The summed E-state index contributed by atoms with van der Waals surface area (Å²) in [6.07, 6.45) is 2.64. The summed E-state index contributed by atoms with van der Waals surface area (Å²) in [5.41, 5.74) is 2.82. The van der Waals surface area contributed by atoms with Gasteiger partial charge in [-0.3, -0.25) is 14.5 Å². The van der Waals surface area contributed by atoms with Crippen molar-refractivity contribution >= 4 is 45.4 Å². The standard InChI is InChI=1S/C23H23N3O4S/c1-29-19-10-6-5-9-18(19)25-23-26(22(28)20(31-23)13-21(27)30-2)12-11-15-14-24-17-8-4-3-7-16(15)17/h3-10,14,20,24H,11-13H2,1-2H3. The molecule has 4 rings (SSSR count). The molecule has 0 spiro atoms. The Balaban J connectivity index is 1.61. The first-order valence-corrected chi connectivity index (χ1v) is 10.8. The van der Waals surface area contributed by atoms with Gasteiger partial charge in [-0.15, -0.1) is 0 Å². The monoisotopic (exact) mass is 437 g/mol. The van der Waals surface area contributed by atoms with Crippen molar-refractivity contribution < 1.29 is 19.1 Å². The highest BCUT2D eigenvalue weighted by molar-refractivity contribution is 8.15. The number of rotatable bonds is 7. The highest BCUT2D eigenvalue weighted by atomic mass is 32.2. The summed E-state index contributed by atoms with van der Waals surface area (Å²) in [7, 11) is 2.91. The average Bonchev–Trinajstić information content (AvgIpc) is 3.33. The zero-order valence-corrected chi connectivity index (χ0v) is 18.1. The number of aromatic nitrogens is 1. The van der Waals surface area contributed by atoms with E-state index in [2.05, 4.69) is 11.1 Å². The molecule has 1 unspecified atom stereocenters. The van der Waals surface area contributed by atoms with Crippen LogP contribution in [0.25, 0.3) is 10.9 Å². The summed E-state index contributed by atoms with van der Waals surface area (Å²) in [6.45, 7) is 0.458. The second-order valence-corrected chi connectivity index (χ2v) is 8.22. The molecule has 160 valence electrons. The van der Waals surface area contributed by atoms with Crippen molar-refractivity contribution in [1.29, 1.82) is 0 Å². The van der Waals surface area contributed by atoms with Crippen LogP contribution in [-0.4, -0.2) is 52.9 Å². The Morgan fingerprint density at radius 2 is 1.94 bits per heavy atom. The maximum atomic E-state index is 13.1. The van der Waals surface area contributed by atoms with Gasteiger partial charge in [-0.2, -0.15) is 0 Å². The van der Waals surface area contributed by atoms with Crippen molar-refractivity contribution in [3.05, 3.63) is 60.3 Å². The van der Waals surface area contributed by atoms with Gasteiger partial charge in [0.1, 0.15) is 16.7 Å². The molecule has 0 bridgehead atoms. The molecule has 1 aromatic heterocycles. The summed E-state index contributed by atoms with van der Waals surface area (Å²) in [5.74, 6) is 0.0703. The molecular weight excluding hydrogens is 414 g/mol. The third-order valence-corrected chi connectivity index (χ3v) is 6.36. The molecule has 0 saturated carbocycles. The van der Waals surface area contributed by atoms with E-state index in [4.69, 9.17) is 14.5 Å². The van der Waals surface area contributed by atoms with Gasteiger partial charge in [-0.05, 0) is 30.2 Å². The number of ether oxygens (including phenoxy) is 2. The molecule has 1 amide bonds. The lowest BCUT2D eigenvalue weighted by atomic mass is 10.1. The predicted molar refractivity (Wildman–Crippen MR) is 122 cm³/mol. The molecule has 31 heavy (non-hydrogen) atoms. The smallest absolute Gasteiger partial charge is 0.307 e. The van der Waals surface area contributed by atoms with E-state index >= 15 is 0 Å². The number of aromatic amines is 1. The van der Waals surface area contributed by atoms with Crippen LogP contribution < -0.4 is 4.74 Å². The Bertz CT molecular complexity index is 1140. The van der Waals surface area contributed by atoms with E-state index in [1.165, 1.54) is 18.9 Å². The van der Waals surface area contributed by atoms with Gasteiger partial charge < -0.3 is 14.5 Å². The number of esters is 1. The van der Waals surface area contributed by atoms with E-state index in [1.54, 1.807) is 12.0 Å². The van der Waals surface area contributed by atoms with Gasteiger partial charge in [-0.1, -0.05) is 42.1 Å². The quantitative estimate of drug-likeness (QED) is 0.567. The van der Waals surface area contributed by atoms with Gasteiger partial charge in [0.2, 0.25) is 5.91 Å². The average molecular weight is 438 g/mol. The number of methoxy groups -OCH3 is 2. The lowest BCUT2D eigenvalue weighted by Crippen LogP contribution is -2.34. The number of H-pyrrole nitrogens is 1. The molecule has 1 fully saturated rings. The molecule has 1 N–H and O–H groups in total. The number of fused-ring (bicyclic) bond motifs is 1. The van der Waals surface area contributed by atoms with Gasteiger partial charge in [0, 0.05) is 23.6 Å². The van der Waals surface area contributed by atoms with Gasteiger partial charge in [-0.25, -0.2) is 4.99 Å². The molecule has 0 aliphatic carbocycles. The molecule has 1 atom stereocenters.